The van der Waals surface area contributed by atoms with Crippen LogP contribution >= 0.6 is 0 Å². The third kappa shape index (κ3) is 4.36. The number of aromatic nitrogens is 2. The van der Waals surface area contributed by atoms with Gasteiger partial charge < -0.3 is 5.11 Å². The fourth-order valence-electron chi connectivity index (χ4n) is 1.21. The average molecular weight is 282 g/mol. The van der Waals surface area contributed by atoms with Crippen molar-refractivity contribution in [2.75, 3.05) is 0 Å². The van der Waals surface area contributed by atoms with Gasteiger partial charge in [0.15, 0.2) is 4.51 Å². The Kier molecular flexibility index (Phi) is 4.95. The minimum Gasteiger partial charge on any atom is -0.481 e. The van der Waals surface area contributed by atoms with Crippen molar-refractivity contribution in [1.29, 1.82) is 0 Å². The van der Waals surface area contributed by atoms with Crippen molar-refractivity contribution in [3.8, 4) is 0 Å². The van der Waals surface area contributed by atoms with Gasteiger partial charge in [0.25, 0.3) is 11.5 Å². The molecule has 2 aromatic rings. The zero-order valence-electron chi connectivity index (χ0n) is 9.82. The van der Waals surface area contributed by atoms with Crippen LogP contribution in [0.15, 0.2) is 35.1 Å². The number of nitrogens with zero attached hydrogens (tertiary/aromatic N) is 1. The van der Waals surface area contributed by atoms with Crippen LogP contribution < -0.4 is 5.56 Å². The fourth-order valence-corrected chi connectivity index (χ4v) is 1.63. The number of aliphatic carboxylic acids is 1. The molecule has 0 aliphatic carbocycles. The van der Waals surface area contributed by atoms with E-state index >= 15 is 0 Å². The number of carboxylic acids is 1. The summed E-state index contributed by atoms with van der Waals surface area (Å²) in [7, 11) is -2.56. The Bertz CT molecular complexity index is 827. The SMILES string of the molecule is CC(=O)O.O=c1[nH]nc2ccccc2cc1=S(=O)=O. The van der Waals surface area contributed by atoms with Crippen LogP contribution in [0.25, 0.3) is 10.9 Å². The van der Waals surface area contributed by atoms with E-state index in [-0.39, 0.29) is 4.51 Å². The number of fused-ring (bicyclic) bond motifs is 1. The topological polar surface area (TPSA) is 117 Å². The van der Waals surface area contributed by atoms with Gasteiger partial charge in [0, 0.05) is 12.3 Å². The molecule has 2 rings (SSSR count). The highest BCUT2D eigenvalue weighted by Gasteiger charge is 1.95. The predicted octanol–water partition coefficient (Wildman–Crippen LogP) is 0.425. The van der Waals surface area contributed by atoms with E-state index in [1.54, 1.807) is 24.3 Å². The largest absolute Gasteiger partial charge is 0.481 e. The van der Waals surface area contributed by atoms with E-state index in [0.29, 0.717) is 10.9 Å². The summed E-state index contributed by atoms with van der Waals surface area (Å²) < 4.78 is 21.2. The number of rotatable bonds is 0. The summed E-state index contributed by atoms with van der Waals surface area (Å²) in [6.07, 6.45) is 0. The van der Waals surface area contributed by atoms with Gasteiger partial charge >= 0.3 is 0 Å². The number of benzene rings is 1. The number of para-hydroxylation sites is 1. The maximum Gasteiger partial charge on any atom is 0.300 e. The van der Waals surface area contributed by atoms with Crippen molar-refractivity contribution >= 4 is 27.2 Å². The molecule has 19 heavy (non-hydrogen) atoms. The van der Waals surface area contributed by atoms with Gasteiger partial charge in [-0.3, -0.25) is 9.59 Å². The molecule has 100 valence electrons. The quantitative estimate of drug-likeness (QED) is 0.676. The lowest BCUT2D eigenvalue weighted by molar-refractivity contribution is -0.134. The van der Waals surface area contributed by atoms with E-state index < -0.39 is 21.8 Å². The van der Waals surface area contributed by atoms with Crippen LogP contribution in [0.1, 0.15) is 6.92 Å². The van der Waals surface area contributed by atoms with E-state index in [0.717, 1.165) is 6.92 Å². The van der Waals surface area contributed by atoms with Crippen molar-refractivity contribution in [2.45, 2.75) is 6.92 Å². The first-order valence-electron chi connectivity index (χ1n) is 5.02. The first-order valence-corrected chi connectivity index (χ1v) is 6.10. The first kappa shape index (κ1) is 14.6. The molecule has 1 heterocycles. The molecule has 0 fully saturated rings. The monoisotopic (exact) mass is 282 g/mol. The number of carboxylic acid groups (broad SMARTS) is 1. The zero-order chi connectivity index (χ0) is 14.4. The Morgan fingerprint density at radius 2 is 1.89 bits per heavy atom. The fraction of sp³-hybridized carbons (Fsp3) is 0.0909. The van der Waals surface area contributed by atoms with Crippen LogP contribution in [-0.2, 0) is 15.1 Å². The highest BCUT2D eigenvalue weighted by molar-refractivity contribution is 7.63. The number of H-pyrrole nitrogens is 1. The molecule has 0 spiro atoms. The summed E-state index contributed by atoms with van der Waals surface area (Å²) >= 11 is 0. The molecule has 0 aliphatic heterocycles. The standard InChI is InChI=1S/C9H6N2O3S.C2H4O2/c12-9-8(15(13)14)5-6-3-1-2-4-7(6)10-11-9;1-2(3)4/h1-5H,(H,11,12);1H3,(H,3,4). The highest BCUT2D eigenvalue weighted by Crippen LogP contribution is 2.06. The zero-order valence-corrected chi connectivity index (χ0v) is 10.6. The summed E-state index contributed by atoms with van der Waals surface area (Å²) in [5, 5.41) is 13.9. The van der Waals surface area contributed by atoms with Gasteiger partial charge in [-0.1, -0.05) is 18.2 Å². The highest BCUT2D eigenvalue weighted by atomic mass is 32.2. The molecule has 0 radical (unpaired) electrons. The van der Waals surface area contributed by atoms with Crippen molar-refractivity contribution in [3.63, 3.8) is 0 Å². The summed E-state index contributed by atoms with van der Waals surface area (Å²) in [6.45, 7) is 1.08. The molecule has 0 unspecified atom stereocenters. The van der Waals surface area contributed by atoms with Gasteiger partial charge in [-0.15, -0.1) is 0 Å². The molecule has 0 saturated carbocycles. The molecular formula is C11H10N2O5S. The van der Waals surface area contributed by atoms with Crippen molar-refractivity contribution in [2.24, 2.45) is 0 Å². The van der Waals surface area contributed by atoms with Crippen LogP contribution in [0.3, 0.4) is 0 Å². The lowest BCUT2D eigenvalue weighted by Crippen LogP contribution is -2.04. The molecule has 7 nitrogen and oxygen atoms in total. The number of aromatic amines is 1. The molecule has 0 bridgehead atoms. The summed E-state index contributed by atoms with van der Waals surface area (Å²) in [6, 6.07) is 8.16. The smallest absolute Gasteiger partial charge is 0.300 e. The molecule has 2 N–H and O–H groups in total. The van der Waals surface area contributed by atoms with Crippen LogP contribution in [0, 0.1) is 4.51 Å². The molecule has 0 aliphatic rings. The van der Waals surface area contributed by atoms with Crippen LogP contribution in [-0.4, -0.2) is 29.7 Å². The average Bonchev–Trinajstić information content (AvgIpc) is 2.49. The second-order valence-electron chi connectivity index (χ2n) is 3.37. The lowest BCUT2D eigenvalue weighted by Gasteiger charge is -1.85. The molecule has 8 heteroatoms. The summed E-state index contributed by atoms with van der Waals surface area (Å²) in [4.78, 5) is 20.3. The minimum absolute atomic E-state index is 0.316. The lowest BCUT2D eigenvalue weighted by atomic mass is 10.2. The summed E-state index contributed by atoms with van der Waals surface area (Å²) in [5.74, 6) is -0.833. The van der Waals surface area contributed by atoms with E-state index in [1.807, 2.05) is 0 Å². The minimum atomic E-state index is -2.56. The van der Waals surface area contributed by atoms with Crippen LogP contribution in [0.2, 0.25) is 0 Å². The molecule has 1 aromatic carbocycles. The molecule has 0 saturated heterocycles. The molecule has 1 aromatic heterocycles. The second-order valence-corrected chi connectivity index (χ2v) is 4.28. The Morgan fingerprint density at radius 3 is 2.47 bits per heavy atom. The van der Waals surface area contributed by atoms with Crippen LogP contribution in [0.4, 0.5) is 0 Å². The van der Waals surface area contributed by atoms with Gasteiger partial charge in [-0.25, -0.2) is 5.10 Å². The Balaban J connectivity index is 0.000000399. The number of nitrogens with one attached hydrogen (secondary N) is 1. The number of hydrogen-bond donors (Lipinski definition) is 2. The van der Waals surface area contributed by atoms with Gasteiger partial charge in [-0.2, -0.15) is 13.5 Å². The Morgan fingerprint density at radius 1 is 1.32 bits per heavy atom. The van der Waals surface area contributed by atoms with E-state index in [2.05, 4.69) is 10.2 Å². The number of carbonyl (C=O) groups is 1. The van der Waals surface area contributed by atoms with Gasteiger partial charge in [0.2, 0.25) is 10.3 Å². The summed E-state index contributed by atoms with van der Waals surface area (Å²) in [5.41, 5.74) is -0.189. The Labute approximate surface area is 108 Å². The van der Waals surface area contributed by atoms with E-state index in [9.17, 15) is 13.2 Å². The Hall–Kier alpha value is -2.48. The number of hydrogen-bond acceptors (Lipinski definition) is 5. The van der Waals surface area contributed by atoms with E-state index in [4.69, 9.17) is 9.90 Å². The molecular weight excluding hydrogens is 272 g/mol. The van der Waals surface area contributed by atoms with Crippen molar-refractivity contribution in [1.82, 2.24) is 10.2 Å². The van der Waals surface area contributed by atoms with Gasteiger partial charge in [0.1, 0.15) is 0 Å². The van der Waals surface area contributed by atoms with Crippen molar-refractivity contribution < 1.29 is 18.3 Å². The third-order valence-electron chi connectivity index (χ3n) is 1.90. The first-order chi connectivity index (χ1) is 8.91. The normalized spacial score (nSPS) is 9.32. The maximum atomic E-state index is 11.3. The van der Waals surface area contributed by atoms with E-state index in [1.165, 1.54) is 6.07 Å². The van der Waals surface area contributed by atoms with Gasteiger partial charge in [-0.05, 0) is 12.1 Å². The van der Waals surface area contributed by atoms with Gasteiger partial charge in [0.05, 0.1) is 5.52 Å². The second kappa shape index (κ2) is 6.45. The predicted molar refractivity (Wildman–Crippen MR) is 67.8 cm³/mol. The van der Waals surface area contributed by atoms with Crippen molar-refractivity contribution in [3.05, 3.63) is 45.2 Å². The van der Waals surface area contributed by atoms with Crippen LogP contribution in [0.5, 0.6) is 0 Å². The molecule has 0 atom stereocenters. The molecule has 0 amide bonds. The maximum absolute atomic E-state index is 11.3. The third-order valence-corrected chi connectivity index (χ3v) is 2.57.